The zero-order chi connectivity index (χ0) is 15.6. The Morgan fingerprint density at radius 2 is 1.48 bits per heavy atom. The average molecular weight is 302 g/mol. The summed E-state index contributed by atoms with van der Waals surface area (Å²) in [5.41, 5.74) is 1.76. The van der Waals surface area contributed by atoms with Crippen LogP contribution in [0.3, 0.4) is 0 Å². The summed E-state index contributed by atoms with van der Waals surface area (Å²) in [4.78, 5) is 4.21. The fraction of sp³-hybridized carbons (Fsp3) is 0.500. The molecule has 0 N–H and O–H groups in total. The number of pyridine rings is 1. The minimum Gasteiger partial charge on any atom is -0.543 e. The van der Waals surface area contributed by atoms with E-state index in [9.17, 15) is 0 Å². The second-order valence-corrected chi connectivity index (χ2v) is 12.2. The molecule has 0 saturated heterocycles. The van der Waals surface area contributed by atoms with Gasteiger partial charge in [-0.25, -0.2) is 0 Å². The molecule has 1 heterocycles. The van der Waals surface area contributed by atoms with Crippen LogP contribution in [0.1, 0.15) is 41.5 Å². The van der Waals surface area contributed by atoms with Crippen molar-refractivity contribution in [1.82, 2.24) is 4.98 Å². The van der Waals surface area contributed by atoms with Gasteiger partial charge in [-0.1, -0.05) is 47.6 Å². The van der Waals surface area contributed by atoms with Gasteiger partial charge in [-0.3, -0.25) is 4.98 Å². The topological polar surface area (TPSA) is 22.1 Å². The van der Waals surface area contributed by atoms with Crippen LogP contribution in [0, 0.1) is 0 Å². The molecule has 0 unspecified atom stereocenters. The first-order valence-electron chi connectivity index (χ1n) is 7.90. The third kappa shape index (κ3) is 2.98. The highest BCUT2D eigenvalue weighted by Gasteiger charge is 2.46. The van der Waals surface area contributed by atoms with E-state index in [2.05, 4.69) is 64.7 Å². The van der Waals surface area contributed by atoms with Crippen LogP contribution in [0.4, 0.5) is 0 Å². The highest BCUT2D eigenvalue weighted by atomic mass is 28.4. The van der Waals surface area contributed by atoms with Gasteiger partial charge in [0.25, 0.3) is 8.32 Å². The summed E-state index contributed by atoms with van der Waals surface area (Å²) in [7, 11) is -1.88. The first kappa shape index (κ1) is 16.0. The Bertz CT molecular complexity index is 585. The minimum atomic E-state index is -1.88. The molecule has 0 saturated carbocycles. The Kier molecular flexibility index (Phi) is 4.72. The Balaban J connectivity index is 2.43. The van der Waals surface area contributed by atoms with E-state index < -0.39 is 8.32 Å². The van der Waals surface area contributed by atoms with Crippen molar-refractivity contribution >= 4 is 19.1 Å². The number of nitrogens with zero attached hydrogens (tertiary/aromatic N) is 1. The highest BCUT2D eigenvalue weighted by molar-refractivity contribution is 6.78. The van der Waals surface area contributed by atoms with Gasteiger partial charge in [-0.2, -0.15) is 0 Å². The largest absolute Gasteiger partial charge is 0.543 e. The molecule has 2 nitrogen and oxygen atoms in total. The van der Waals surface area contributed by atoms with Crippen molar-refractivity contribution < 1.29 is 4.43 Å². The van der Waals surface area contributed by atoms with Crippen LogP contribution in [-0.4, -0.2) is 13.3 Å². The van der Waals surface area contributed by atoms with Crippen molar-refractivity contribution in [2.45, 2.75) is 58.2 Å². The molecule has 2 aromatic rings. The van der Waals surface area contributed by atoms with Gasteiger partial charge in [-0.05, 0) is 40.2 Å². The standard InChI is InChI=1S/C18H27NOSi/c1-13(2)21(14(3)4,15(5)6)20-18-8-7-16-9-10-19-12-17(16)11-18/h7-15H,1-6H3. The SMILES string of the molecule is CC(C)[Si](Oc1ccc2ccncc2c1)(C(C)C)C(C)C. The molecule has 1 aromatic heterocycles. The minimum absolute atomic E-state index is 0.585. The molecule has 21 heavy (non-hydrogen) atoms. The Morgan fingerprint density at radius 3 is 2.05 bits per heavy atom. The molecule has 0 radical (unpaired) electrons. The maximum atomic E-state index is 6.71. The lowest BCUT2D eigenvalue weighted by Gasteiger charge is -2.42. The van der Waals surface area contributed by atoms with Crippen LogP contribution in [-0.2, 0) is 0 Å². The fourth-order valence-electron chi connectivity index (χ4n) is 3.68. The number of fused-ring (bicyclic) bond motifs is 1. The van der Waals surface area contributed by atoms with Crippen LogP contribution in [0.15, 0.2) is 36.7 Å². The molecule has 1 aromatic carbocycles. The predicted octanol–water partition coefficient (Wildman–Crippen LogP) is 5.79. The lowest BCUT2D eigenvalue weighted by atomic mass is 10.2. The van der Waals surface area contributed by atoms with Crippen molar-refractivity contribution in [3.8, 4) is 5.75 Å². The molecule has 0 bridgehead atoms. The van der Waals surface area contributed by atoms with E-state index in [1.165, 1.54) is 5.39 Å². The molecule has 0 atom stereocenters. The van der Waals surface area contributed by atoms with E-state index in [0.717, 1.165) is 11.1 Å². The summed E-state index contributed by atoms with van der Waals surface area (Å²) in [5.74, 6) is 0.998. The van der Waals surface area contributed by atoms with Crippen LogP contribution < -0.4 is 4.43 Å². The second-order valence-electron chi connectivity index (χ2n) is 6.80. The van der Waals surface area contributed by atoms with Gasteiger partial charge < -0.3 is 4.43 Å². The van der Waals surface area contributed by atoms with E-state index in [4.69, 9.17) is 4.43 Å². The van der Waals surface area contributed by atoms with Gasteiger partial charge in [0.05, 0.1) is 0 Å². The predicted molar refractivity (Wildman–Crippen MR) is 93.4 cm³/mol. The number of hydrogen-bond acceptors (Lipinski definition) is 2. The van der Waals surface area contributed by atoms with E-state index in [0.29, 0.717) is 16.6 Å². The molecule has 0 spiro atoms. The molecule has 0 aliphatic rings. The molecule has 3 heteroatoms. The maximum absolute atomic E-state index is 6.71. The van der Waals surface area contributed by atoms with E-state index in [1.807, 2.05) is 18.5 Å². The van der Waals surface area contributed by atoms with Gasteiger partial charge >= 0.3 is 0 Å². The second kappa shape index (κ2) is 6.18. The Morgan fingerprint density at radius 1 is 0.857 bits per heavy atom. The van der Waals surface area contributed by atoms with Crippen molar-refractivity contribution in [2.24, 2.45) is 0 Å². The summed E-state index contributed by atoms with van der Waals surface area (Å²) in [6.45, 7) is 13.9. The lowest BCUT2D eigenvalue weighted by Crippen LogP contribution is -2.50. The quantitative estimate of drug-likeness (QED) is 0.652. The fourth-order valence-corrected chi connectivity index (χ4v) is 8.93. The third-order valence-electron chi connectivity index (χ3n) is 4.61. The zero-order valence-electron chi connectivity index (χ0n) is 14.1. The molecular weight excluding hydrogens is 274 g/mol. The van der Waals surface area contributed by atoms with Crippen molar-refractivity contribution in [3.05, 3.63) is 36.7 Å². The lowest BCUT2D eigenvalue weighted by molar-refractivity contribution is 0.480. The number of rotatable bonds is 5. The van der Waals surface area contributed by atoms with Gasteiger partial charge in [-0.15, -0.1) is 0 Å². The van der Waals surface area contributed by atoms with Gasteiger partial charge in [0.2, 0.25) is 0 Å². The van der Waals surface area contributed by atoms with Gasteiger partial charge in [0, 0.05) is 17.8 Å². The summed E-state index contributed by atoms with van der Waals surface area (Å²) in [5, 5.41) is 2.36. The molecular formula is C18H27NOSi. The van der Waals surface area contributed by atoms with E-state index in [1.54, 1.807) is 0 Å². The van der Waals surface area contributed by atoms with E-state index >= 15 is 0 Å². The third-order valence-corrected chi connectivity index (χ3v) is 10.6. The van der Waals surface area contributed by atoms with Crippen LogP contribution in [0.2, 0.25) is 16.6 Å². The van der Waals surface area contributed by atoms with Crippen LogP contribution in [0.25, 0.3) is 10.8 Å². The molecule has 0 aliphatic carbocycles. The summed E-state index contributed by atoms with van der Waals surface area (Å²) < 4.78 is 6.71. The summed E-state index contributed by atoms with van der Waals surface area (Å²) in [6, 6.07) is 8.41. The monoisotopic (exact) mass is 301 g/mol. The first-order chi connectivity index (χ1) is 9.87. The first-order valence-corrected chi connectivity index (χ1v) is 10.0. The summed E-state index contributed by atoms with van der Waals surface area (Å²) >= 11 is 0. The normalized spacial score (nSPS) is 12.6. The zero-order valence-corrected chi connectivity index (χ0v) is 15.1. The number of hydrogen-bond donors (Lipinski definition) is 0. The van der Waals surface area contributed by atoms with Crippen molar-refractivity contribution in [1.29, 1.82) is 0 Å². The number of benzene rings is 1. The average Bonchev–Trinajstić information content (AvgIpc) is 2.43. The van der Waals surface area contributed by atoms with Crippen molar-refractivity contribution in [2.75, 3.05) is 0 Å². The van der Waals surface area contributed by atoms with Gasteiger partial charge in [0.1, 0.15) is 5.75 Å². The molecule has 114 valence electrons. The molecule has 0 fully saturated rings. The van der Waals surface area contributed by atoms with Crippen molar-refractivity contribution in [3.63, 3.8) is 0 Å². The highest BCUT2D eigenvalue weighted by Crippen LogP contribution is 2.42. The number of aromatic nitrogens is 1. The maximum Gasteiger partial charge on any atom is 0.258 e. The van der Waals surface area contributed by atoms with Gasteiger partial charge in [0.15, 0.2) is 0 Å². The molecule has 2 rings (SSSR count). The van der Waals surface area contributed by atoms with Crippen LogP contribution >= 0.6 is 0 Å². The Hall–Kier alpha value is -1.35. The smallest absolute Gasteiger partial charge is 0.258 e. The Labute approximate surface area is 129 Å². The van der Waals surface area contributed by atoms with Crippen LogP contribution in [0.5, 0.6) is 5.75 Å². The van der Waals surface area contributed by atoms with E-state index in [-0.39, 0.29) is 0 Å². The molecule has 0 amide bonds. The molecule has 0 aliphatic heterocycles. The summed E-state index contributed by atoms with van der Waals surface area (Å²) in [6.07, 6.45) is 3.74.